The summed E-state index contributed by atoms with van der Waals surface area (Å²) in [6.07, 6.45) is -4.57. The molecule has 30 heavy (non-hydrogen) atoms. The summed E-state index contributed by atoms with van der Waals surface area (Å²) in [6, 6.07) is 6.15. The van der Waals surface area contributed by atoms with Gasteiger partial charge in [-0.15, -0.1) is 5.10 Å². The predicted molar refractivity (Wildman–Crippen MR) is 95.5 cm³/mol. The smallest absolute Gasteiger partial charge is 0.437 e. The topological polar surface area (TPSA) is 111 Å². The SMILES string of the molecule is O=C1C[C@@H](C(F)(F)F)N(C(=O)Cn2nc(-c3ccco3)oc2=O)c2ccccc2N1. The van der Waals surface area contributed by atoms with Gasteiger partial charge in [-0.2, -0.15) is 17.9 Å². The predicted octanol–water partition coefficient (Wildman–Crippen LogP) is 2.40. The lowest BCUT2D eigenvalue weighted by Gasteiger charge is -2.31. The zero-order valence-electron chi connectivity index (χ0n) is 15.0. The van der Waals surface area contributed by atoms with Crippen LogP contribution in [0.5, 0.6) is 0 Å². The van der Waals surface area contributed by atoms with E-state index in [1.807, 2.05) is 0 Å². The minimum atomic E-state index is -4.89. The van der Waals surface area contributed by atoms with Crippen molar-refractivity contribution in [3.8, 4) is 11.7 Å². The van der Waals surface area contributed by atoms with E-state index in [0.717, 1.165) is 0 Å². The van der Waals surface area contributed by atoms with Crippen molar-refractivity contribution in [3.63, 3.8) is 0 Å². The van der Waals surface area contributed by atoms with Gasteiger partial charge in [-0.1, -0.05) is 12.1 Å². The van der Waals surface area contributed by atoms with Crippen LogP contribution in [0.3, 0.4) is 0 Å². The van der Waals surface area contributed by atoms with Crippen LogP contribution < -0.4 is 16.0 Å². The monoisotopic (exact) mass is 422 g/mol. The summed E-state index contributed by atoms with van der Waals surface area (Å²) in [5, 5.41) is 6.16. The van der Waals surface area contributed by atoms with E-state index in [0.29, 0.717) is 9.58 Å². The number of rotatable bonds is 3. The number of nitrogens with zero attached hydrogens (tertiary/aromatic N) is 3. The second-order valence-electron chi connectivity index (χ2n) is 6.40. The molecule has 4 rings (SSSR count). The average Bonchev–Trinajstić information content (AvgIpc) is 3.28. The summed E-state index contributed by atoms with van der Waals surface area (Å²) in [7, 11) is 0. The molecule has 0 unspecified atom stereocenters. The van der Waals surface area contributed by atoms with E-state index in [4.69, 9.17) is 8.83 Å². The summed E-state index contributed by atoms with van der Waals surface area (Å²) in [6.45, 7) is -0.835. The number of hydrogen-bond donors (Lipinski definition) is 1. The molecule has 2 amide bonds. The van der Waals surface area contributed by atoms with Gasteiger partial charge >= 0.3 is 11.9 Å². The quantitative estimate of drug-likeness (QED) is 0.694. The molecule has 0 aliphatic carbocycles. The number of benzene rings is 1. The lowest BCUT2D eigenvalue weighted by molar-refractivity contribution is -0.158. The average molecular weight is 422 g/mol. The van der Waals surface area contributed by atoms with Gasteiger partial charge in [0.05, 0.1) is 24.1 Å². The van der Waals surface area contributed by atoms with Gasteiger partial charge in [-0.05, 0) is 24.3 Å². The Balaban J connectivity index is 1.72. The van der Waals surface area contributed by atoms with Crippen molar-refractivity contribution in [2.24, 2.45) is 0 Å². The number of anilines is 2. The summed E-state index contributed by atoms with van der Waals surface area (Å²) in [5.41, 5.74) is -0.0927. The lowest BCUT2D eigenvalue weighted by Crippen LogP contribution is -2.51. The first kappa shape index (κ1) is 19.5. The Morgan fingerprint density at radius 1 is 1.20 bits per heavy atom. The fourth-order valence-corrected chi connectivity index (χ4v) is 3.11. The maximum absolute atomic E-state index is 13.7. The number of halogens is 3. The number of fused-ring (bicyclic) bond motifs is 1. The van der Waals surface area contributed by atoms with E-state index < -0.39 is 42.8 Å². The van der Waals surface area contributed by atoms with Gasteiger partial charge in [-0.25, -0.2) is 4.79 Å². The van der Waals surface area contributed by atoms with Crippen LogP contribution in [0.2, 0.25) is 0 Å². The lowest BCUT2D eigenvalue weighted by atomic mass is 10.1. The molecule has 1 aromatic carbocycles. The normalized spacial score (nSPS) is 16.7. The molecule has 0 bridgehead atoms. The van der Waals surface area contributed by atoms with Crippen LogP contribution in [0.1, 0.15) is 6.42 Å². The number of aromatic nitrogens is 2. The van der Waals surface area contributed by atoms with Gasteiger partial charge in [0.25, 0.3) is 5.89 Å². The number of alkyl halides is 3. The Labute approximate surface area is 165 Å². The summed E-state index contributed by atoms with van der Waals surface area (Å²) < 4.78 is 51.7. The number of amides is 2. The molecule has 3 aromatic rings. The molecule has 2 aromatic heterocycles. The van der Waals surface area contributed by atoms with E-state index in [1.165, 1.54) is 42.7 Å². The third-order valence-corrected chi connectivity index (χ3v) is 4.40. The van der Waals surface area contributed by atoms with Crippen LogP contribution in [0.15, 0.2) is 56.3 Å². The number of nitrogens with one attached hydrogen (secondary N) is 1. The molecule has 1 atom stereocenters. The molecule has 156 valence electrons. The fraction of sp³-hybridized carbons (Fsp3) is 0.222. The second kappa shape index (κ2) is 7.21. The molecule has 1 aliphatic rings. The first-order chi connectivity index (χ1) is 14.2. The van der Waals surface area contributed by atoms with Crippen LogP contribution in [0.4, 0.5) is 24.5 Å². The molecular weight excluding hydrogens is 409 g/mol. The van der Waals surface area contributed by atoms with Crippen molar-refractivity contribution in [2.75, 3.05) is 10.2 Å². The van der Waals surface area contributed by atoms with E-state index in [2.05, 4.69) is 10.4 Å². The Morgan fingerprint density at radius 2 is 1.97 bits per heavy atom. The third kappa shape index (κ3) is 3.58. The van der Waals surface area contributed by atoms with Crippen molar-refractivity contribution in [1.29, 1.82) is 0 Å². The van der Waals surface area contributed by atoms with Gasteiger partial charge < -0.3 is 14.2 Å². The molecule has 12 heteroatoms. The van der Waals surface area contributed by atoms with Crippen molar-refractivity contribution < 1.29 is 31.6 Å². The summed E-state index contributed by atoms with van der Waals surface area (Å²) in [4.78, 5) is 37.4. The highest BCUT2D eigenvalue weighted by atomic mass is 19.4. The van der Waals surface area contributed by atoms with Gasteiger partial charge in [0.15, 0.2) is 5.76 Å². The maximum Gasteiger partial charge on any atom is 0.437 e. The molecule has 1 N–H and O–H groups in total. The Kier molecular flexibility index (Phi) is 4.68. The second-order valence-corrected chi connectivity index (χ2v) is 6.40. The van der Waals surface area contributed by atoms with Crippen LogP contribution >= 0.6 is 0 Å². The standard InChI is InChI=1S/C18H13F3N4O5/c19-18(20,21)13-8-14(26)22-10-4-1-2-5-11(10)25(13)15(27)9-24-17(28)30-16(23-24)12-6-3-7-29-12/h1-7,13H,8-9H2,(H,22,26)/t13-/m0/s1. The third-order valence-electron chi connectivity index (χ3n) is 4.40. The van der Waals surface area contributed by atoms with Crippen LogP contribution in [-0.2, 0) is 16.1 Å². The fourth-order valence-electron chi connectivity index (χ4n) is 3.11. The largest absolute Gasteiger partial charge is 0.459 e. The summed E-state index contributed by atoms with van der Waals surface area (Å²) in [5.74, 6) is -3.14. The zero-order valence-corrected chi connectivity index (χ0v) is 15.0. The first-order valence-corrected chi connectivity index (χ1v) is 8.63. The van der Waals surface area contributed by atoms with Crippen LogP contribution in [0, 0.1) is 0 Å². The Hall–Kier alpha value is -3.83. The Morgan fingerprint density at radius 3 is 2.67 bits per heavy atom. The maximum atomic E-state index is 13.7. The Bertz CT molecular complexity index is 1150. The molecule has 1 aliphatic heterocycles. The highest BCUT2D eigenvalue weighted by Crippen LogP contribution is 2.37. The highest BCUT2D eigenvalue weighted by molar-refractivity contribution is 6.04. The summed E-state index contributed by atoms with van der Waals surface area (Å²) >= 11 is 0. The van der Waals surface area contributed by atoms with Gasteiger partial charge in [0, 0.05) is 0 Å². The van der Waals surface area contributed by atoms with E-state index >= 15 is 0 Å². The minimum absolute atomic E-state index is 0.0476. The van der Waals surface area contributed by atoms with E-state index in [9.17, 15) is 27.6 Å². The molecular formula is C18H13F3N4O5. The molecule has 0 radical (unpaired) electrons. The van der Waals surface area contributed by atoms with E-state index in [1.54, 1.807) is 0 Å². The van der Waals surface area contributed by atoms with Crippen molar-refractivity contribution in [1.82, 2.24) is 9.78 Å². The van der Waals surface area contributed by atoms with E-state index in [-0.39, 0.29) is 23.0 Å². The molecule has 0 saturated carbocycles. The van der Waals surface area contributed by atoms with Crippen molar-refractivity contribution >= 4 is 23.2 Å². The van der Waals surface area contributed by atoms with Crippen molar-refractivity contribution in [2.45, 2.75) is 25.2 Å². The van der Waals surface area contributed by atoms with Gasteiger partial charge in [-0.3, -0.25) is 14.5 Å². The number of furan rings is 1. The molecule has 0 fully saturated rings. The minimum Gasteiger partial charge on any atom is -0.459 e. The number of hydrogen-bond acceptors (Lipinski definition) is 6. The molecule has 0 spiro atoms. The van der Waals surface area contributed by atoms with Gasteiger partial charge in [0.2, 0.25) is 11.8 Å². The first-order valence-electron chi connectivity index (χ1n) is 8.63. The van der Waals surface area contributed by atoms with Crippen LogP contribution in [-0.4, -0.2) is 33.8 Å². The highest BCUT2D eigenvalue weighted by Gasteiger charge is 2.49. The molecule has 9 nitrogen and oxygen atoms in total. The van der Waals surface area contributed by atoms with Gasteiger partial charge in [0.1, 0.15) is 12.6 Å². The zero-order chi connectivity index (χ0) is 21.5. The molecule has 0 saturated heterocycles. The molecule has 3 heterocycles. The number of para-hydroxylation sites is 2. The number of carbonyl (C=O) groups is 2. The van der Waals surface area contributed by atoms with Crippen LogP contribution in [0.25, 0.3) is 11.7 Å². The van der Waals surface area contributed by atoms with Crippen molar-refractivity contribution in [3.05, 3.63) is 53.2 Å². The number of carbonyl (C=O) groups excluding carboxylic acids is 2.